The van der Waals surface area contributed by atoms with Gasteiger partial charge in [-0.2, -0.15) is 4.98 Å². The molecule has 1 fully saturated rings. The van der Waals surface area contributed by atoms with Gasteiger partial charge in [-0.15, -0.1) is 0 Å². The van der Waals surface area contributed by atoms with E-state index >= 15 is 0 Å². The van der Waals surface area contributed by atoms with Crippen LogP contribution < -0.4 is 10.6 Å². The minimum atomic E-state index is -0.114. The summed E-state index contributed by atoms with van der Waals surface area (Å²) in [5, 5.41) is 6.95. The molecule has 2 heterocycles. The molecular formula is C17H20N4O. The molecule has 114 valence electrons. The van der Waals surface area contributed by atoms with Crippen molar-refractivity contribution < 1.29 is 4.42 Å². The normalized spacial score (nSPS) is 21.2. The lowest BCUT2D eigenvalue weighted by Gasteiger charge is -2.41. The minimum Gasteiger partial charge on any atom is -0.425 e. The summed E-state index contributed by atoms with van der Waals surface area (Å²) in [6.45, 7) is 0.677. The van der Waals surface area contributed by atoms with Gasteiger partial charge in [-0.3, -0.25) is 4.99 Å². The third-order valence-electron chi connectivity index (χ3n) is 4.58. The van der Waals surface area contributed by atoms with Crippen LogP contribution in [0.2, 0.25) is 0 Å². The van der Waals surface area contributed by atoms with Gasteiger partial charge in [0, 0.05) is 0 Å². The Morgan fingerprint density at radius 1 is 1.14 bits per heavy atom. The second-order valence-corrected chi connectivity index (χ2v) is 6.07. The topological polar surface area (TPSA) is 62.5 Å². The van der Waals surface area contributed by atoms with Gasteiger partial charge in [0.05, 0.1) is 12.1 Å². The number of fused-ring (bicyclic) bond motifs is 1. The van der Waals surface area contributed by atoms with E-state index in [9.17, 15) is 0 Å². The highest BCUT2D eigenvalue weighted by atomic mass is 16.4. The molecule has 1 aliphatic heterocycles. The number of aromatic nitrogens is 1. The molecule has 2 N–H and O–H groups in total. The van der Waals surface area contributed by atoms with Crippen molar-refractivity contribution in [2.45, 2.75) is 44.2 Å². The van der Waals surface area contributed by atoms with Gasteiger partial charge >= 0.3 is 0 Å². The zero-order valence-corrected chi connectivity index (χ0v) is 12.5. The summed E-state index contributed by atoms with van der Waals surface area (Å²) in [6, 6.07) is 10.3. The average Bonchev–Trinajstić information content (AvgIpc) is 3.01. The van der Waals surface area contributed by atoms with E-state index in [0.29, 0.717) is 12.4 Å². The number of amidine groups is 1. The second kappa shape index (κ2) is 5.48. The SMILES string of the molecule is c1ccc(CN=C2Nc3ocnc3NC23CCCCC3)cc1. The summed E-state index contributed by atoms with van der Waals surface area (Å²) < 4.78 is 5.41. The maximum absolute atomic E-state index is 5.41. The highest BCUT2D eigenvalue weighted by molar-refractivity contribution is 6.07. The number of nitrogens with one attached hydrogen (secondary N) is 2. The quantitative estimate of drug-likeness (QED) is 0.884. The number of oxazole rings is 1. The Labute approximate surface area is 129 Å². The molecule has 1 saturated carbocycles. The summed E-state index contributed by atoms with van der Waals surface area (Å²) in [5.74, 6) is 2.46. The summed E-state index contributed by atoms with van der Waals surface area (Å²) in [7, 11) is 0. The summed E-state index contributed by atoms with van der Waals surface area (Å²) in [4.78, 5) is 9.13. The van der Waals surface area contributed by atoms with Crippen LogP contribution in [0.3, 0.4) is 0 Å². The molecule has 1 aromatic heterocycles. The Morgan fingerprint density at radius 3 is 2.77 bits per heavy atom. The summed E-state index contributed by atoms with van der Waals surface area (Å²) in [5.41, 5.74) is 1.10. The molecule has 1 aliphatic carbocycles. The summed E-state index contributed by atoms with van der Waals surface area (Å²) in [6.07, 6.45) is 7.36. The maximum Gasteiger partial charge on any atom is 0.243 e. The standard InChI is InChI=1S/C17H20N4O/c1-3-7-13(8-4-1)11-18-16-17(9-5-2-6-10-17)21-14-15(20-16)22-12-19-14/h1,3-4,7-8,12,21H,2,5-6,9-11H2,(H,18,20). The van der Waals surface area contributed by atoms with Crippen LogP contribution in [0.5, 0.6) is 0 Å². The molecule has 2 aliphatic rings. The van der Waals surface area contributed by atoms with E-state index in [-0.39, 0.29) is 5.54 Å². The Balaban J connectivity index is 1.65. The lowest BCUT2D eigenvalue weighted by Crippen LogP contribution is -2.53. The minimum absolute atomic E-state index is 0.114. The van der Waals surface area contributed by atoms with Crippen molar-refractivity contribution in [3.8, 4) is 0 Å². The highest BCUT2D eigenvalue weighted by Gasteiger charge is 2.42. The molecule has 0 unspecified atom stereocenters. The van der Waals surface area contributed by atoms with Crippen molar-refractivity contribution >= 4 is 17.5 Å². The molecular weight excluding hydrogens is 276 g/mol. The predicted molar refractivity (Wildman–Crippen MR) is 87.1 cm³/mol. The fourth-order valence-electron chi connectivity index (χ4n) is 3.40. The van der Waals surface area contributed by atoms with Crippen molar-refractivity contribution in [2.24, 2.45) is 4.99 Å². The molecule has 22 heavy (non-hydrogen) atoms. The van der Waals surface area contributed by atoms with Gasteiger partial charge in [0.15, 0.2) is 12.2 Å². The van der Waals surface area contributed by atoms with Gasteiger partial charge in [-0.25, -0.2) is 0 Å². The third-order valence-corrected chi connectivity index (χ3v) is 4.58. The molecule has 5 nitrogen and oxygen atoms in total. The van der Waals surface area contributed by atoms with Crippen LogP contribution in [0.1, 0.15) is 37.7 Å². The molecule has 4 rings (SSSR count). The monoisotopic (exact) mass is 296 g/mol. The first-order chi connectivity index (χ1) is 10.9. The molecule has 1 aromatic carbocycles. The second-order valence-electron chi connectivity index (χ2n) is 6.07. The zero-order valence-electron chi connectivity index (χ0n) is 12.5. The number of anilines is 2. The molecule has 0 radical (unpaired) electrons. The van der Waals surface area contributed by atoms with Crippen LogP contribution in [0.15, 0.2) is 46.1 Å². The van der Waals surface area contributed by atoms with Gasteiger partial charge < -0.3 is 15.1 Å². The van der Waals surface area contributed by atoms with Crippen LogP contribution in [-0.4, -0.2) is 16.4 Å². The number of rotatable bonds is 2. The Hall–Kier alpha value is -2.30. The van der Waals surface area contributed by atoms with Crippen LogP contribution in [-0.2, 0) is 6.54 Å². The number of benzene rings is 1. The highest BCUT2D eigenvalue weighted by Crippen LogP contribution is 2.38. The third kappa shape index (κ3) is 2.36. The number of hydrogen-bond donors (Lipinski definition) is 2. The van der Waals surface area contributed by atoms with E-state index in [1.54, 1.807) is 0 Å². The number of hydrogen-bond acceptors (Lipinski definition) is 4. The first kappa shape index (κ1) is 13.4. The van der Waals surface area contributed by atoms with Gasteiger partial charge in [-0.05, 0) is 18.4 Å². The zero-order chi connectivity index (χ0) is 14.8. The Morgan fingerprint density at radius 2 is 1.95 bits per heavy atom. The van der Waals surface area contributed by atoms with E-state index in [4.69, 9.17) is 9.41 Å². The molecule has 0 atom stereocenters. The average molecular weight is 296 g/mol. The predicted octanol–water partition coefficient (Wildman–Crippen LogP) is 3.81. The van der Waals surface area contributed by atoms with Gasteiger partial charge in [0.1, 0.15) is 5.84 Å². The van der Waals surface area contributed by atoms with E-state index in [2.05, 4.69) is 27.8 Å². The first-order valence-electron chi connectivity index (χ1n) is 7.93. The lowest BCUT2D eigenvalue weighted by molar-refractivity contribution is 0.400. The van der Waals surface area contributed by atoms with E-state index in [1.807, 2.05) is 18.2 Å². The maximum atomic E-state index is 5.41. The van der Waals surface area contributed by atoms with E-state index in [1.165, 1.54) is 31.2 Å². The number of aliphatic imine (C=N–C) groups is 1. The number of nitrogens with zero attached hydrogens (tertiary/aromatic N) is 2. The van der Waals surface area contributed by atoms with Gasteiger partial charge in [0.25, 0.3) is 0 Å². The molecule has 0 bridgehead atoms. The van der Waals surface area contributed by atoms with Crippen LogP contribution in [0, 0.1) is 0 Å². The first-order valence-corrected chi connectivity index (χ1v) is 7.93. The van der Waals surface area contributed by atoms with Crippen molar-refractivity contribution in [1.82, 2.24) is 4.98 Å². The molecule has 0 saturated heterocycles. The fraction of sp³-hybridized carbons (Fsp3) is 0.412. The fourth-order valence-corrected chi connectivity index (χ4v) is 3.40. The van der Waals surface area contributed by atoms with Crippen LogP contribution in [0.25, 0.3) is 0 Å². The van der Waals surface area contributed by atoms with Crippen molar-refractivity contribution in [2.75, 3.05) is 10.6 Å². The molecule has 0 amide bonds. The van der Waals surface area contributed by atoms with E-state index in [0.717, 1.165) is 24.5 Å². The van der Waals surface area contributed by atoms with Crippen LogP contribution in [0.4, 0.5) is 11.7 Å². The van der Waals surface area contributed by atoms with Gasteiger partial charge in [-0.1, -0.05) is 49.6 Å². The largest absolute Gasteiger partial charge is 0.425 e. The van der Waals surface area contributed by atoms with Crippen molar-refractivity contribution in [3.05, 3.63) is 42.3 Å². The van der Waals surface area contributed by atoms with Gasteiger partial charge in [0.2, 0.25) is 5.88 Å². The molecule has 5 heteroatoms. The molecule has 1 spiro atoms. The molecule has 2 aromatic rings. The van der Waals surface area contributed by atoms with Crippen LogP contribution >= 0.6 is 0 Å². The lowest BCUT2D eigenvalue weighted by atomic mass is 9.79. The van der Waals surface area contributed by atoms with Crippen molar-refractivity contribution in [3.63, 3.8) is 0 Å². The van der Waals surface area contributed by atoms with E-state index < -0.39 is 0 Å². The Kier molecular flexibility index (Phi) is 3.33. The smallest absolute Gasteiger partial charge is 0.243 e. The van der Waals surface area contributed by atoms with Crippen molar-refractivity contribution in [1.29, 1.82) is 0 Å². The summed E-state index contributed by atoms with van der Waals surface area (Å²) >= 11 is 0. The Bertz CT molecular complexity index is 671.